The van der Waals surface area contributed by atoms with E-state index in [0.29, 0.717) is 30.9 Å². The molecule has 0 radical (unpaired) electrons. The van der Waals surface area contributed by atoms with Gasteiger partial charge in [-0.25, -0.2) is 21.6 Å². The van der Waals surface area contributed by atoms with E-state index in [1.54, 1.807) is 26.0 Å². The van der Waals surface area contributed by atoms with Crippen LogP contribution in [0.2, 0.25) is 0 Å². The summed E-state index contributed by atoms with van der Waals surface area (Å²) in [5.74, 6) is -0.193. The van der Waals surface area contributed by atoms with Crippen LogP contribution in [0.4, 0.5) is 5.69 Å². The zero-order chi connectivity index (χ0) is 25.8. The largest absolute Gasteiger partial charge is 0.497 e. The van der Waals surface area contributed by atoms with Gasteiger partial charge in [-0.05, 0) is 69.2 Å². The van der Waals surface area contributed by atoms with Crippen molar-refractivity contribution in [2.24, 2.45) is 5.92 Å². The van der Waals surface area contributed by atoms with Gasteiger partial charge in [-0.3, -0.25) is 4.79 Å². The summed E-state index contributed by atoms with van der Waals surface area (Å²) >= 11 is 0. The maximum atomic E-state index is 13.1. The third-order valence-corrected chi connectivity index (χ3v) is 9.12. The van der Waals surface area contributed by atoms with Crippen molar-refractivity contribution >= 4 is 31.6 Å². The van der Waals surface area contributed by atoms with Crippen LogP contribution in [-0.4, -0.2) is 60.4 Å². The molecule has 0 unspecified atom stereocenters. The first kappa shape index (κ1) is 26.9. The van der Waals surface area contributed by atoms with Crippen LogP contribution in [0.15, 0.2) is 52.3 Å². The van der Waals surface area contributed by atoms with Gasteiger partial charge < -0.3 is 14.8 Å². The van der Waals surface area contributed by atoms with E-state index in [0.717, 1.165) is 0 Å². The zero-order valence-electron chi connectivity index (χ0n) is 20.1. The lowest BCUT2D eigenvalue weighted by molar-refractivity contribution is -0.120. The molecule has 10 nitrogen and oxygen atoms in total. The molecule has 1 amide bonds. The van der Waals surface area contributed by atoms with E-state index in [9.17, 15) is 21.6 Å². The molecule has 35 heavy (non-hydrogen) atoms. The fraction of sp³-hybridized carbons (Fsp3) is 0.435. The SMILES string of the molecule is COc1ccc(S(=O)(=O)N2CCC[C@H](C(=O)Nc3cc(S(=O)(=O)NC(C)C)ccc3OC)C2)cc1. The Morgan fingerprint density at radius 3 is 2.26 bits per heavy atom. The molecule has 0 spiro atoms. The van der Waals surface area contributed by atoms with Crippen LogP contribution in [0.25, 0.3) is 0 Å². The molecule has 2 aromatic rings. The van der Waals surface area contributed by atoms with E-state index in [1.165, 1.54) is 48.9 Å². The molecule has 1 aliphatic heterocycles. The normalized spacial score (nSPS) is 17.2. The highest BCUT2D eigenvalue weighted by atomic mass is 32.2. The number of carbonyl (C=O) groups is 1. The first-order valence-electron chi connectivity index (χ1n) is 11.1. The number of hydrogen-bond acceptors (Lipinski definition) is 7. The molecule has 1 atom stereocenters. The lowest BCUT2D eigenvalue weighted by Gasteiger charge is -2.31. The van der Waals surface area contributed by atoms with Crippen molar-refractivity contribution in [2.45, 2.75) is 42.5 Å². The molecule has 1 fully saturated rings. The number of nitrogens with zero attached hydrogens (tertiary/aromatic N) is 1. The Balaban J connectivity index is 1.79. The van der Waals surface area contributed by atoms with Gasteiger partial charge in [-0.1, -0.05) is 0 Å². The van der Waals surface area contributed by atoms with Gasteiger partial charge >= 0.3 is 0 Å². The highest BCUT2D eigenvalue weighted by molar-refractivity contribution is 7.89. The minimum Gasteiger partial charge on any atom is -0.497 e. The molecule has 3 rings (SSSR count). The van der Waals surface area contributed by atoms with Crippen LogP contribution in [0.5, 0.6) is 11.5 Å². The molecule has 192 valence electrons. The van der Waals surface area contributed by atoms with E-state index in [1.807, 2.05) is 0 Å². The first-order valence-corrected chi connectivity index (χ1v) is 14.1. The van der Waals surface area contributed by atoms with Crippen molar-refractivity contribution in [3.05, 3.63) is 42.5 Å². The van der Waals surface area contributed by atoms with E-state index >= 15 is 0 Å². The summed E-state index contributed by atoms with van der Waals surface area (Å²) in [5, 5.41) is 2.73. The molecule has 2 N–H and O–H groups in total. The minimum absolute atomic E-state index is 0.00933. The summed E-state index contributed by atoms with van der Waals surface area (Å²) in [6.07, 6.45) is 1.01. The van der Waals surface area contributed by atoms with Gasteiger partial charge in [0.15, 0.2) is 0 Å². The van der Waals surface area contributed by atoms with Gasteiger partial charge in [-0.2, -0.15) is 4.31 Å². The summed E-state index contributed by atoms with van der Waals surface area (Å²) in [5.41, 5.74) is 0.194. The summed E-state index contributed by atoms with van der Waals surface area (Å²) in [6, 6.07) is 9.97. The minimum atomic E-state index is -3.79. The summed E-state index contributed by atoms with van der Waals surface area (Å²) in [6.45, 7) is 3.72. The quantitative estimate of drug-likeness (QED) is 0.514. The average Bonchev–Trinajstić information content (AvgIpc) is 2.83. The second kappa shape index (κ2) is 10.9. The van der Waals surface area contributed by atoms with Gasteiger partial charge in [0.05, 0.1) is 35.6 Å². The van der Waals surface area contributed by atoms with Crippen molar-refractivity contribution in [3.8, 4) is 11.5 Å². The van der Waals surface area contributed by atoms with Crippen molar-refractivity contribution in [2.75, 3.05) is 32.6 Å². The Bertz CT molecular complexity index is 1260. The number of benzene rings is 2. The second-order valence-corrected chi connectivity index (χ2v) is 12.2. The number of anilines is 1. The van der Waals surface area contributed by atoms with Crippen molar-refractivity contribution in [1.82, 2.24) is 9.03 Å². The Kier molecular flexibility index (Phi) is 8.42. The van der Waals surface area contributed by atoms with Crippen molar-refractivity contribution in [3.63, 3.8) is 0 Å². The third-order valence-electron chi connectivity index (χ3n) is 5.58. The highest BCUT2D eigenvalue weighted by Crippen LogP contribution is 2.30. The van der Waals surface area contributed by atoms with E-state index < -0.39 is 31.9 Å². The number of methoxy groups -OCH3 is 2. The fourth-order valence-corrected chi connectivity index (χ4v) is 6.64. The van der Waals surface area contributed by atoms with Crippen molar-refractivity contribution in [1.29, 1.82) is 0 Å². The van der Waals surface area contributed by atoms with E-state index in [2.05, 4.69) is 10.0 Å². The second-order valence-electron chi connectivity index (χ2n) is 8.51. The average molecular weight is 526 g/mol. The van der Waals surface area contributed by atoms with Crippen LogP contribution in [0.3, 0.4) is 0 Å². The summed E-state index contributed by atoms with van der Waals surface area (Å²) < 4.78 is 65.5. The van der Waals surface area contributed by atoms with E-state index in [4.69, 9.17) is 9.47 Å². The third kappa shape index (κ3) is 6.31. The number of carbonyl (C=O) groups excluding carboxylic acids is 1. The van der Waals surface area contributed by atoms with Gasteiger partial charge in [0.25, 0.3) is 0 Å². The Labute approximate surface area is 206 Å². The number of ether oxygens (including phenoxy) is 2. The van der Waals surface area contributed by atoms with Crippen LogP contribution < -0.4 is 19.5 Å². The standard InChI is InChI=1S/C23H31N3O7S2/c1-16(2)25-34(28,29)20-11-12-22(33-4)21(14-20)24-23(27)17-6-5-13-26(15-17)35(30,31)19-9-7-18(32-3)8-10-19/h7-12,14,16-17,25H,5-6,13,15H2,1-4H3,(H,24,27)/t17-/m0/s1. The van der Waals surface area contributed by atoms with Crippen LogP contribution >= 0.6 is 0 Å². The van der Waals surface area contributed by atoms with Gasteiger partial charge in [-0.15, -0.1) is 0 Å². The van der Waals surface area contributed by atoms with Gasteiger partial charge in [0, 0.05) is 19.1 Å². The lowest BCUT2D eigenvalue weighted by atomic mass is 9.98. The maximum Gasteiger partial charge on any atom is 0.243 e. The van der Waals surface area contributed by atoms with Gasteiger partial charge in [0.2, 0.25) is 26.0 Å². The number of hydrogen-bond donors (Lipinski definition) is 2. The monoisotopic (exact) mass is 525 g/mol. The van der Waals surface area contributed by atoms with Crippen molar-refractivity contribution < 1.29 is 31.1 Å². The molecular formula is C23H31N3O7S2. The molecule has 12 heteroatoms. The first-order chi connectivity index (χ1) is 16.5. The lowest BCUT2D eigenvalue weighted by Crippen LogP contribution is -2.43. The smallest absolute Gasteiger partial charge is 0.243 e. The number of rotatable bonds is 9. The maximum absolute atomic E-state index is 13.1. The molecule has 1 aliphatic rings. The zero-order valence-corrected chi connectivity index (χ0v) is 21.8. The highest BCUT2D eigenvalue weighted by Gasteiger charge is 2.33. The fourth-order valence-electron chi connectivity index (χ4n) is 3.84. The summed E-state index contributed by atoms with van der Waals surface area (Å²) in [4.78, 5) is 13.2. The molecular weight excluding hydrogens is 494 g/mol. The van der Waals surface area contributed by atoms with Gasteiger partial charge in [0.1, 0.15) is 11.5 Å². The molecule has 0 bridgehead atoms. The number of nitrogens with one attached hydrogen (secondary N) is 2. The Hall–Kier alpha value is -2.67. The molecule has 2 aromatic carbocycles. The molecule has 1 heterocycles. The van der Waals surface area contributed by atoms with Crippen LogP contribution in [0, 0.1) is 5.92 Å². The molecule has 0 saturated carbocycles. The Morgan fingerprint density at radius 2 is 1.66 bits per heavy atom. The summed E-state index contributed by atoms with van der Waals surface area (Å²) in [7, 11) is -4.67. The van der Waals surface area contributed by atoms with Crippen LogP contribution in [0.1, 0.15) is 26.7 Å². The number of amides is 1. The predicted molar refractivity (Wildman–Crippen MR) is 132 cm³/mol. The predicted octanol–water partition coefficient (Wildman–Crippen LogP) is 2.43. The topological polar surface area (TPSA) is 131 Å². The number of piperidine rings is 1. The van der Waals surface area contributed by atoms with E-state index in [-0.39, 0.29) is 28.1 Å². The molecule has 0 aliphatic carbocycles. The number of sulfonamides is 2. The Morgan fingerprint density at radius 1 is 1.00 bits per heavy atom. The molecule has 0 aromatic heterocycles. The van der Waals surface area contributed by atoms with Crippen LogP contribution in [-0.2, 0) is 24.8 Å². The molecule has 1 saturated heterocycles.